The topological polar surface area (TPSA) is 69.4 Å². The summed E-state index contributed by atoms with van der Waals surface area (Å²) in [5, 5.41) is 8.39. The molecule has 6 heteroatoms. The number of aliphatic imine (C=N–C) groups is 1. The van der Waals surface area contributed by atoms with Gasteiger partial charge in [0.05, 0.1) is 12.4 Å². The molecule has 4 saturated carbocycles. The number of nitrogens with zero attached hydrogens (tertiary/aromatic N) is 4. The van der Waals surface area contributed by atoms with Gasteiger partial charge in [-0.05, 0) is 80.5 Å². The van der Waals surface area contributed by atoms with Crippen LogP contribution in [0.4, 0.5) is 0 Å². The lowest BCUT2D eigenvalue weighted by Crippen LogP contribution is -2.58. The smallest absolute Gasteiger partial charge is 0.188 e. The normalized spacial score (nSPS) is 48.1. The predicted octanol–water partition coefficient (Wildman–Crippen LogP) is 4.30. The summed E-state index contributed by atoms with van der Waals surface area (Å²) >= 11 is 0. The van der Waals surface area contributed by atoms with Crippen LogP contribution >= 0.6 is 0 Å². The lowest BCUT2D eigenvalue weighted by Gasteiger charge is -2.57. The molecule has 0 amide bonds. The Bertz CT molecular complexity index is 897. The standard InChI is InChI=1S/C25H36N4O2/c1-15-4-6-18-17(12-15)5-7-20-19(18)8-9-24(3)21(20)13-23-25(24,28-16(2)31-23)22(30)14-29-26-10-11-27-29/h10-11,15,17-21,23H,4-9,12-14H2,1-3H3/t15-,17+,18-,19+,20+,21-,23+,24-,25+/m0/s1. The summed E-state index contributed by atoms with van der Waals surface area (Å²) in [6.45, 7) is 6.91. The number of hydrogen-bond donors (Lipinski definition) is 0. The quantitative estimate of drug-likeness (QED) is 0.725. The van der Waals surface area contributed by atoms with Crippen molar-refractivity contribution in [2.45, 2.75) is 90.3 Å². The van der Waals surface area contributed by atoms with Gasteiger partial charge in [-0.1, -0.05) is 20.3 Å². The Labute approximate surface area is 185 Å². The first kappa shape index (κ1) is 19.9. The minimum atomic E-state index is -0.766. The second-order valence-electron chi connectivity index (χ2n) is 11.5. The van der Waals surface area contributed by atoms with Gasteiger partial charge in [-0.15, -0.1) is 0 Å². The summed E-state index contributed by atoms with van der Waals surface area (Å²) in [5.74, 6) is 5.66. The molecule has 9 atom stereocenters. The van der Waals surface area contributed by atoms with Gasteiger partial charge in [0.1, 0.15) is 12.6 Å². The van der Waals surface area contributed by atoms with Crippen molar-refractivity contribution in [1.82, 2.24) is 15.0 Å². The molecule has 0 N–H and O–H groups in total. The van der Waals surface area contributed by atoms with Crippen molar-refractivity contribution in [3.63, 3.8) is 0 Å². The van der Waals surface area contributed by atoms with Crippen LogP contribution in [0.3, 0.4) is 0 Å². The molecule has 6 nitrogen and oxygen atoms in total. The van der Waals surface area contributed by atoms with Gasteiger partial charge in [0.25, 0.3) is 0 Å². The van der Waals surface area contributed by atoms with Crippen LogP contribution in [0.1, 0.15) is 72.1 Å². The van der Waals surface area contributed by atoms with Crippen molar-refractivity contribution >= 4 is 11.7 Å². The fourth-order valence-corrected chi connectivity index (χ4v) is 9.03. The monoisotopic (exact) mass is 424 g/mol. The number of ketones is 1. The highest BCUT2D eigenvalue weighted by atomic mass is 16.5. The number of Topliss-reactive ketones (excluding diaryl/α,β-unsaturated/α-hetero) is 1. The van der Waals surface area contributed by atoms with E-state index in [9.17, 15) is 4.79 Å². The maximum Gasteiger partial charge on any atom is 0.188 e. The third-order valence-corrected chi connectivity index (χ3v) is 10.2. The molecule has 31 heavy (non-hydrogen) atoms. The lowest BCUT2D eigenvalue weighted by atomic mass is 9.48. The molecule has 0 unspecified atom stereocenters. The van der Waals surface area contributed by atoms with Gasteiger partial charge in [-0.2, -0.15) is 15.0 Å². The van der Waals surface area contributed by atoms with E-state index in [4.69, 9.17) is 9.73 Å². The largest absolute Gasteiger partial charge is 0.475 e. The van der Waals surface area contributed by atoms with Gasteiger partial charge < -0.3 is 4.74 Å². The number of aromatic nitrogens is 3. The summed E-state index contributed by atoms with van der Waals surface area (Å²) < 4.78 is 6.27. The zero-order valence-corrected chi connectivity index (χ0v) is 19.2. The predicted molar refractivity (Wildman–Crippen MR) is 117 cm³/mol. The molecule has 168 valence electrons. The average molecular weight is 425 g/mol. The molecule has 0 spiro atoms. The highest BCUT2D eigenvalue weighted by Gasteiger charge is 2.72. The average Bonchev–Trinajstić information content (AvgIpc) is 3.42. The van der Waals surface area contributed by atoms with E-state index in [2.05, 4.69) is 24.0 Å². The molecule has 1 aliphatic heterocycles. The summed E-state index contributed by atoms with van der Waals surface area (Å²) in [6, 6.07) is 0. The van der Waals surface area contributed by atoms with Gasteiger partial charge in [0.2, 0.25) is 0 Å². The molecule has 0 saturated heterocycles. The van der Waals surface area contributed by atoms with Crippen LogP contribution in [-0.2, 0) is 16.1 Å². The minimum absolute atomic E-state index is 0.117. The Balaban J connectivity index is 1.33. The van der Waals surface area contributed by atoms with Crippen molar-refractivity contribution in [3.05, 3.63) is 12.4 Å². The molecular weight excluding hydrogens is 388 g/mol. The van der Waals surface area contributed by atoms with Crippen LogP contribution in [0.15, 0.2) is 17.4 Å². The number of hydrogen-bond acceptors (Lipinski definition) is 5. The summed E-state index contributed by atoms with van der Waals surface area (Å²) in [4.78, 5) is 20.4. The summed E-state index contributed by atoms with van der Waals surface area (Å²) in [5.41, 5.74) is -0.895. The zero-order chi connectivity index (χ0) is 21.4. The molecule has 1 aromatic rings. The van der Waals surface area contributed by atoms with Crippen molar-refractivity contribution < 1.29 is 9.53 Å². The third-order valence-electron chi connectivity index (χ3n) is 10.2. The van der Waals surface area contributed by atoms with E-state index in [-0.39, 0.29) is 23.8 Å². The Hall–Kier alpha value is -1.72. The van der Waals surface area contributed by atoms with Gasteiger partial charge in [0, 0.05) is 12.3 Å². The minimum Gasteiger partial charge on any atom is -0.475 e. The number of rotatable bonds is 3. The van der Waals surface area contributed by atoms with E-state index in [1.807, 2.05) is 6.92 Å². The number of ether oxygens (including phenoxy) is 1. The molecule has 0 radical (unpaired) electrons. The third kappa shape index (κ3) is 2.69. The van der Waals surface area contributed by atoms with Crippen LogP contribution in [-0.4, -0.2) is 38.3 Å². The lowest BCUT2D eigenvalue weighted by molar-refractivity contribution is -0.135. The maximum atomic E-state index is 13.9. The maximum absolute atomic E-state index is 13.9. The van der Waals surface area contributed by atoms with Crippen LogP contribution in [0.25, 0.3) is 0 Å². The number of carbonyl (C=O) groups is 1. The Morgan fingerprint density at radius 1 is 1.10 bits per heavy atom. The second kappa shape index (κ2) is 6.89. The van der Waals surface area contributed by atoms with Crippen molar-refractivity contribution in [2.24, 2.45) is 45.9 Å². The van der Waals surface area contributed by atoms with E-state index < -0.39 is 5.54 Å². The first-order valence-corrected chi connectivity index (χ1v) is 12.5. The summed E-state index contributed by atoms with van der Waals surface area (Å²) in [7, 11) is 0. The molecule has 1 aromatic heterocycles. The fourth-order valence-electron chi connectivity index (χ4n) is 9.03. The zero-order valence-electron chi connectivity index (χ0n) is 19.2. The number of carbonyl (C=O) groups excluding carboxylic acids is 1. The molecular formula is C25H36N4O2. The molecule has 4 aliphatic carbocycles. The van der Waals surface area contributed by atoms with E-state index in [0.29, 0.717) is 11.8 Å². The molecule has 4 fully saturated rings. The van der Waals surface area contributed by atoms with E-state index in [1.165, 1.54) is 43.3 Å². The van der Waals surface area contributed by atoms with E-state index in [1.54, 1.807) is 12.4 Å². The first-order valence-electron chi connectivity index (χ1n) is 12.5. The fraction of sp³-hybridized carbons (Fsp3) is 0.840. The van der Waals surface area contributed by atoms with Crippen LogP contribution in [0.5, 0.6) is 0 Å². The van der Waals surface area contributed by atoms with Crippen LogP contribution < -0.4 is 0 Å². The van der Waals surface area contributed by atoms with Gasteiger partial charge in [-0.25, -0.2) is 4.99 Å². The van der Waals surface area contributed by atoms with E-state index in [0.717, 1.165) is 42.4 Å². The highest BCUT2D eigenvalue weighted by molar-refractivity contribution is 5.95. The molecule has 5 aliphatic rings. The van der Waals surface area contributed by atoms with Gasteiger partial charge in [0.15, 0.2) is 17.2 Å². The summed E-state index contributed by atoms with van der Waals surface area (Å²) in [6.07, 6.45) is 13.4. The molecule has 0 bridgehead atoms. The van der Waals surface area contributed by atoms with Crippen LogP contribution in [0.2, 0.25) is 0 Å². The van der Waals surface area contributed by atoms with E-state index >= 15 is 0 Å². The van der Waals surface area contributed by atoms with Gasteiger partial charge >= 0.3 is 0 Å². The van der Waals surface area contributed by atoms with Crippen molar-refractivity contribution in [2.75, 3.05) is 0 Å². The van der Waals surface area contributed by atoms with Gasteiger partial charge in [-0.3, -0.25) is 4.79 Å². The molecule has 6 rings (SSSR count). The number of fused-ring (bicyclic) bond motifs is 7. The Morgan fingerprint density at radius 2 is 1.87 bits per heavy atom. The van der Waals surface area contributed by atoms with Crippen LogP contribution in [0, 0.1) is 40.9 Å². The van der Waals surface area contributed by atoms with Crippen molar-refractivity contribution in [3.8, 4) is 0 Å². The molecule has 0 aromatic carbocycles. The Morgan fingerprint density at radius 3 is 2.68 bits per heavy atom. The highest BCUT2D eigenvalue weighted by Crippen LogP contribution is 2.68. The Kier molecular flexibility index (Phi) is 4.43. The first-order chi connectivity index (χ1) is 14.9. The SMILES string of the molecule is CC1=N[C@]2(C(=O)Cn3nccn3)[C@@H](C[C@H]3[C@@H]4CC[C@@H]5C[C@@H](C)CC[C@@H]5[C@H]4CC[C@@]32C)O1. The molecule has 2 heterocycles. The van der Waals surface area contributed by atoms with Crippen molar-refractivity contribution in [1.29, 1.82) is 0 Å². The second-order valence-corrected chi connectivity index (χ2v) is 11.5.